The second-order valence-corrected chi connectivity index (χ2v) is 6.84. The summed E-state index contributed by atoms with van der Waals surface area (Å²) in [5.74, 6) is 0. The summed E-state index contributed by atoms with van der Waals surface area (Å²) in [5, 5.41) is 0.543. The first kappa shape index (κ1) is 14.7. The van der Waals surface area contributed by atoms with Crippen molar-refractivity contribution >= 4 is 23.6 Å². The fraction of sp³-hybridized carbons (Fsp3) is 0.316. The number of anilines is 1. The Morgan fingerprint density at radius 1 is 1.09 bits per heavy atom. The van der Waals surface area contributed by atoms with Crippen molar-refractivity contribution in [3.63, 3.8) is 0 Å². The van der Waals surface area contributed by atoms with Crippen LogP contribution >= 0.6 is 11.6 Å². The molecule has 2 fully saturated rings. The van der Waals surface area contributed by atoms with Crippen molar-refractivity contribution in [2.45, 2.75) is 25.0 Å². The first-order valence-corrected chi connectivity index (χ1v) is 8.42. The molecule has 2 aliphatic rings. The highest BCUT2D eigenvalue weighted by Gasteiger charge is 2.43. The molecule has 0 saturated carbocycles. The highest BCUT2D eigenvalue weighted by atomic mass is 35.5. The van der Waals surface area contributed by atoms with Crippen molar-refractivity contribution in [2.24, 2.45) is 0 Å². The number of nitrogens with zero attached hydrogens (tertiary/aromatic N) is 2. The highest BCUT2D eigenvalue weighted by molar-refractivity contribution is 6.33. The molecule has 2 aromatic carbocycles. The van der Waals surface area contributed by atoms with E-state index in [2.05, 4.69) is 40.1 Å². The summed E-state index contributed by atoms with van der Waals surface area (Å²) in [6.07, 6.45) is 2.02. The molecule has 0 radical (unpaired) electrons. The number of hydrogen-bond acceptors (Lipinski definition) is 3. The zero-order valence-corrected chi connectivity index (χ0v) is 13.6. The van der Waals surface area contributed by atoms with E-state index in [0.29, 0.717) is 22.7 Å². The van der Waals surface area contributed by atoms with Crippen LogP contribution in [0.3, 0.4) is 0 Å². The molecule has 4 rings (SSSR count). The van der Waals surface area contributed by atoms with Crippen molar-refractivity contribution in [3.05, 3.63) is 64.7 Å². The van der Waals surface area contributed by atoms with E-state index in [0.717, 1.165) is 31.6 Å². The van der Waals surface area contributed by atoms with Gasteiger partial charge in [-0.15, -0.1) is 0 Å². The van der Waals surface area contributed by atoms with Gasteiger partial charge in [0.05, 0.1) is 5.02 Å². The van der Waals surface area contributed by atoms with E-state index in [-0.39, 0.29) is 0 Å². The lowest BCUT2D eigenvalue weighted by Crippen LogP contribution is -2.46. The van der Waals surface area contributed by atoms with E-state index in [9.17, 15) is 4.79 Å². The van der Waals surface area contributed by atoms with Gasteiger partial charge in [-0.25, -0.2) is 0 Å². The minimum Gasteiger partial charge on any atom is -0.366 e. The minimum absolute atomic E-state index is 0.543. The van der Waals surface area contributed by atoms with E-state index in [1.165, 1.54) is 12.0 Å². The van der Waals surface area contributed by atoms with Crippen molar-refractivity contribution < 1.29 is 4.79 Å². The molecule has 2 aromatic rings. The molecular weight excluding hydrogens is 308 g/mol. The fourth-order valence-corrected chi connectivity index (χ4v) is 4.09. The van der Waals surface area contributed by atoms with Crippen LogP contribution in [0, 0.1) is 0 Å². The third kappa shape index (κ3) is 2.75. The van der Waals surface area contributed by atoms with Crippen LogP contribution in [0.15, 0.2) is 48.5 Å². The van der Waals surface area contributed by atoms with E-state index in [4.69, 9.17) is 11.6 Å². The van der Waals surface area contributed by atoms with E-state index < -0.39 is 0 Å². The molecule has 0 spiro atoms. The Hall–Kier alpha value is -1.84. The number of carbonyl (C=O) groups is 1. The van der Waals surface area contributed by atoms with Crippen molar-refractivity contribution in [2.75, 3.05) is 18.0 Å². The monoisotopic (exact) mass is 326 g/mol. The average Bonchev–Trinajstić information content (AvgIpc) is 3.16. The Morgan fingerprint density at radius 2 is 1.91 bits per heavy atom. The van der Waals surface area contributed by atoms with E-state index >= 15 is 0 Å². The van der Waals surface area contributed by atoms with Crippen LogP contribution in [0.4, 0.5) is 5.69 Å². The van der Waals surface area contributed by atoms with Crippen molar-refractivity contribution in [1.29, 1.82) is 0 Å². The Morgan fingerprint density at radius 3 is 2.57 bits per heavy atom. The zero-order chi connectivity index (χ0) is 15.8. The van der Waals surface area contributed by atoms with Gasteiger partial charge in [0.25, 0.3) is 0 Å². The summed E-state index contributed by atoms with van der Waals surface area (Å²) in [6.45, 7) is 3.15. The van der Waals surface area contributed by atoms with Crippen LogP contribution in [0.1, 0.15) is 22.3 Å². The van der Waals surface area contributed by atoms with Crippen molar-refractivity contribution in [3.8, 4) is 0 Å². The van der Waals surface area contributed by atoms with Gasteiger partial charge in [0.2, 0.25) is 0 Å². The molecule has 0 aliphatic carbocycles. The standard InChI is InChI=1S/C19H19ClN2O/c20-19-9-16(7-6-15(19)13-23)22-12-17-8-18(22)11-21(17)10-14-4-2-1-3-5-14/h1-7,9,13,17-18H,8,10-12H2/t17-,18-/m0/s1. The molecular formula is C19H19ClN2O. The molecule has 4 heteroatoms. The maximum absolute atomic E-state index is 10.9. The van der Waals surface area contributed by atoms with Gasteiger partial charge in [-0.1, -0.05) is 41.9 Å². The third-order valence-corrected chi connectivity index (χ3v) is 5.35. The third-order valence-electron chi connectivity index (χ3n) is 5.03. The number of piperazine rings is 1. The van der Waals surface area contributed by atoms with Crippen LogP contribution in [0.2, 0.25) is 5.02 Å². The number of hydrogen-bond donors (Lipinski definition) is 0. The largest absolute Gasteiger partial charge is 0.366 e. The fourth-order valence-electron chi connectivity index (χ4n) is 3.87. The first-order chi connectivity index (χ1) is 11.2. The minimum atomic E-state index is 0.543. The molecule has 2 atom stereocenters. The summed E-state index contributed by atoms with van der Waals surface area (Å²) in [4.78, 5) is 15.9. The topological polar surface area (TPSA) is 23.6 Å². The van der Waals surface area contributed by atoms with Crippen LogP contribution in [0.25, 0.3) is 0 Å². The lowest BCUT2D eigenvalue weighted by molar-refractivity contribution is 0.112. The Kier molecular flexibility index (Phi) is 3.83. The quantitative estimate of drug-likeness (QED) is 0.802. The number of likely N-dealkylation sites (tertiary alicyclic amines) is 1. The summed E-state index contributed by atoms with van der Waals surface area (Å²) in [5.41, 5.74) is 3.07. The zero-order valence-electron chi connectivity index (χ0n) is 12.9. The average molecular weight is 327 g/mol. The summed E-state index contributed by atoms with van der Waals surface area (Å²) < 4.78 is 0. The Labute approximate surface area is 141 Å². The van der Waals surface area contributed by atoms with Gasteiger partial charge in [0.15, 0.2) is 6.29 Å². The predicted octanol–water partition coefficient (Wildman–Crippen LogP) is 3.62. The highest BCUT2D eigenvalue weighted by Crippen LogP contribution is 2.36. The number of benzene rings is 2. The van der Waals surface area contributed by atoms with E-state index in [1.54, 1.807) is 0 Å². The van der Waals surface area contributed by atoms with Gasteiger partial charge in [0, 0.05) is 43.0 Å². The molecule has 0 amide bonds. The van der Waals surface area contributed by atoms with Crippen LogP contribution in [0.5, 0.6) is 0 Å². The summed E-state index contributed by atoms with van der Waals surface area (Å²) >= 11 is 6.18. The number of fused-ring (bicyclic) bond motifs is 2. The Bertz CT molecular complexity index is 719. The summed E-state index contributed by atoms with van der Waals surface area (Å²) in [6, 6.07) is 17.6. The molecule has 2 saturated heterocycles. The van der Waals surface area contributed by atoms with Crippen LogP contribution < -0.4 is 4.90 Å². The van der Waals surface area contributed by atoms with Crippen molar-refractivity contribution in [1.82, 2.24) is 4.90 Å². The number of aldehydes is 1. The second-order valence-electron chi connectivity index (χ2n) is 6.43. The SMILES string of the molecule is O=Cc1ccc(N2C[C@@H]3C[C@H]2CN3Cc2ccccc2)cc1Cl. The van der Waals surface area contributed by atoms with Gasteiger partial charge in [-0.2, -0.15) is 0 Å². The number of halogens is 1. The normalized spacial score (nSPS) is 23.4. The molecule has 0 N–H and O–H groups in total. The molecule has 2 bridgehead atoms. The number of rotatable bonds is 4. The number of carbonyl (C=O) groups excluding carboxylic acids is 1. The summed E-state index contributed by atoms with van der Waals surface area (Å²) in [7, 11) is 0. The van der Waals surface area contributed by atoms with Gasteiger partial charge >= 0.3 is 0 Å². The lowest BCUT2D eigenvalue weighted by atomic mass is 10.1. The maximum Gasteiger partial charge on any atom is 0.151 e. The molecule has 0 unspecified atom stereocenters. The second kappa shape index (κ2) is 5.99. The predicted molar refractivity (Wildman–Crippen MR) is 93.2 cm³/mol. The van der Waals surface area contributed by atoms with Gasteiger partial charge in [-0.05, 0) is 30.2 Å². The van der Waals surface area contributed by atoms with Crippen LogP contribution in [-0.2, 0) is 6.54 Å². The molecule has 23 heavy (non-hydrogen) atoms. The molecule has 2 aliphatic heterocycles. The Balaban J connectivity index is 1.46. The van der Waals surface area contributed by atoms with Gasteiger partial charge in [-0.3, -0.25) is 9.69 Å². The molecule has 0 aromatic heterocycles. The van der Waals surface area contributed by atoms with Gasteiger partial charge in [0.1, 0.15) is 0 Å². The van der Waals surface area contributed by atoms with E-state index in [1.807, 2.05) is 18.2 Å². The molecule has 3 nitrogen and oxygen atoms in total. The lowest BCUT2D eigenvalue weighted by Gasteiger charge is -2.35. The molecule has 118 valence electrons. The smallest absolute Gasteiger partial charge is 0.151 e. The molecule has 2 heterocycles. The van der Waals surface area contributed by atoms with Gasteiger partial charge < -0.3 is 4.90 Å². The maximum atomic E-state index is 10.9. The first-order valence-electron chi connectivity index (χ1n) is 8.04. The van der Waals surface area contributed by atoms with Crippen LogP contribution in [-0.4, -0.2) is 36.4 Å².